The molecule has 0 unspecified atom stereocenters. The standard InChI is InChI=1S/C13H14N2O2/c1-17-10-7-5-9(6-8-10)15-13(16)11-3-2-4-12(11)14-15/h5-8,14H,2-4H2,1H3. The van der Waals surface area contributed by atoms with Crippen LogP contribution in [-0.2, 0) is 12.8 Å². The molecule has 4 heteroatoms. The summed E-state index contributed by atoms with van der Waals surface area (Å²) in [6.45, 7) is 0. The van der Waals surface area contributed by atoms with E-state index >= 15 is 0 Å². The van der Waals surface area contributed by atoms with Crippen molar-refractivity contribution < 1.29 is 4.74 Å². The van der Waals surface area contributed by atoms with Crippen LogP contribution < -0.4 is 10.3 Å². The third kappa shape index (κ3) is 1.56. The molecule has 0 spiro atoms. The van der Waals surface area contributed by atoms with Gasteiger partial charge in [0.05, 0.1) is 12.8 Å². The number of nitrogens with zero attached hydrogens (tertiary/aromatic N) is 1. The maximum Gasteiger partial charge on any atom is 0.274 e. The van der Waals surface area contributed by atoms with Gasteiger partial charge in [-0.2, -0.15) is 0 Å². The van der Waals surface area contributed by atoms with E-state index in [0.29, 0.717) is 0 Å². The minimum Gasteiger partial charge on any atom is -0.497 e. The highest BCUT2D eigenvalue weighted by molar-refractivity contribution is 5.38. The van der Waals surface area contributed by atoms with Crippen LogP contribution in [0.3, 0.4) is 0 Å². The first-order chi connectivity index (χ1) is 8.29. The summed E-state index contributed by atoms with van der Waals surface area (Å²) >= 11 is 0. The van der Waals surface area contributed by atoms with Crippen molar-refractivity contribution in [1.82, 2.24) is 9.78 Å². The first-order valence-corrected chi connectivity index (χ1v) is 5.77. The van der Waals surface area contributed by atoms with Gasteiger partial charge in [-0.05, 0) is 43.5 Å². The topological polar surface area (TPSA) is 47.0 Å². The normalized spacial score (nSPS) is 13.7. The molecule has 0 amide bonds. The minimum atomic E-state index is 0.0858. The van der Waals surface area contributed by atoms with Gasteiger partial charge in [-0.1, -0.05) is 0 Å². The van der Waals surface area contributed by atoms with Crippen LogP contribution >= 0.6 is 0 Å². The predicted octanol–water partition coefficient (Wildman–Crippen LogP) is 1.66. The Hall–Kier alpha value is -1.97. The maximum atomic E-state index is 12.1. The first-order valence-electron chi connectivity index (χ1n) is 5.77. The molecule has 1 N–H and O–H groups in total. The number of hydrogen-bond acceptors (Lipinski definition) is 2. The van der Waals surface area contributed by atoms with Crippen molar-refractivity contribution in [3.8, 4) is 11.4 Å². The minimum absolute atomic E-state index is 0.0858. The van der Waals surface area contributed by atoms with Crippen LogP contribution in [0.2, 0.25) is 0 Å². The van der Waals surface area contributed by atoms with Crippen LogP contribution in [0.25, 0.3) is 5.69 Å². The number of aromatic nitrogens is 2. The Morgan fingerprint density at radius 3 is 2.65 bits per heavy atom. The van der Waals surface area contributed by atoms with Crippen molar-refractivity contribution in [2.45, 2.75) is 19.3 Å². The summed E-state index contributed by atoms with van der Waals surface area (Å²) in [6, 6.07) is 7.47. The van der Waals surface area contributed by atoms with Crippen molar-refractivity contribution in [3.63, 3.8) is 0 Å². The number of fused-ring (bicyclic) bond motifs is 1. The number of rotatable bonds is 2. The lowest BCUT2D eigenvalue weighted by Gasteiger charge is -2.04. The van der Waals surface area contributed by atoms with E-state index in [-0.39, 0.29) is 5.56 Å². The Labute approximate surface area is 98.8 Å². The number of benzene rings is 1. The van der Waals surface area contributed by atoms with Crippen molar-refractivity contribution >= 4 is 0 Å². The van der Waals surface area contributed by atoms with E-state index in [1.807, 2.05) is 24.3 Å². The quantitative estimate of drug-likeness (QED) is 0.853. The van der Waals surface area contributed by atoms with Gasteiger partial charge in [0.1, 0.15) is 5.75 Å². The van der Waals surface area contributed by atoms with Crippen LogP contribution in [0.4, 0.5) is 0 Å². The summed E-state index contributed by atoms with van der Waals surface area (Å²) in [5, 5.41) is 3.18. The Morgan fingerprint density at radius 2 is 2.00 bits per heavy atom. The molecule has 2 aromatic rings. The van der Waals surface area contributed by atoms with E-state index < -0.39 is 0 Å². The summed E-state index contributed by atoms with van der Waals surface area (Å²) in [5.41, 5.74) is 2.97. The molecule has 1 aromatic carbocycles. The lowest BCUT2D eigenvalue weighted by Crippen LogP contribution is -2.17. The zero-order chi connectivity index (χ0) is 11.8. The van der Waals surface area contributed by atoms with Gasteiger partial charge in [0.15, 0.2) is 0 Å². The summed E-state index contributed by atoms with van der Waals surface area (Å²) in [5.74, 6) is 0.792. The molecule has 1 aliphatic carbocycles. The Morgan fingerprint density at radius 1 is 1.24 bits per heavy atom. The molecule has 88 valence electrons. The number of H-pyrrole nitrogens is 1. The van der Waals surface area contributed by atoms with Gasteiger partial charge in [-0.15, -0.1) is 0 Å². The molecule has 0 saturated heterocycles. The van der Waals surface area contributed by atoms with Gasteiger partial charge in [0.25, 0.3) is 5.56 Å². The van der Waals surface area contributed by atoms with E-state index in [1.54, 1.807) is 11.8 Å². The highest BCUT2D eigenvalue weighted by atomic mass is 16.5. The molecule has 1 aromatic heterocycles. The molecule has 1 heterocycles. The average Bonchev–Trinajstić information content (AvgIpc) is 2.93. The predicted molar refractivity (Wildman–Crippen MR) is 65.0 cm³/mol. The van der Waals surface area contributed by atoms with Crippen molar-refractivity contribution in [2.24, 2.45) is 0 Å². The summed E-state index contributed by atoms with van der Waals surface area (Å²) < 4.78 is 6.71. The van der Waals surface area contributed by atoms with Crippen LogP contribution in [-0.4, -0.2) is 16.9 Å². The lowest BCUT2D eigenvalue weighted by molar-refractivity contribution is 0.414. The molecule has 0 bridgehead atoms. The van der Waals surface area contributed by atoms with E-state index in [2.05, 4.69) is 5.10 Å². The molecular formula is C13H14N2O2. The summed E-state index contributed by atoms with van der Waals surface area (Å²) in [7, 11) is 1.63. The fraction of sp³-hybridized carbons (Fsp3) is 0.308. The van der Waals surface area contributed by atoms with Crippen LogP contribution in [0, 0.1) is 0 Å². The van der Waals surface area contributed by atoms with E-state index in [1.165, 1.54) is 0 Å². The molecule has 0 radical (unpaired) electrons. The fourth-order valence-electron chi connectivity index (χ4n) is 2.34. The maximum absolute atomic E-state index is 12.1. The van der Waals surface area contributed by atoms with E-state index in [9.17, 15) is 4.79 Å². The zero-order valence-corrected chi connectivity index (χ0v) is 9.69. The summed E-state index contributed by atoms with van der Waals surface area (Å²) in [6.07, 6.45) is 2.96. The smallest absolute Gasteiger partial charge is 0.274 e. The summed E-state index contributed by atoms with van der Waals surface area (Å²) in [4.78, 5) is 12.1. The second kappa shape index (κ2) is 3.80. The second-order valence-electron chi connectivity index (χ2n) is 4.26. The molecule has 0 saturated carbocycles. The lowest BCUT2D eigenvalue weighted by atomic mass is 10.3. The van der Waals surface area contributed by atoms with Gasteiger partial charge in [0, 0.05) is 11.3 Å². The molecule has 3 rings (SSSR count). The zero-order valence-electron chi connectivity index (χ0n) is 9.69. The molecular weight excluding hydrogens is 216 g/mol. The first kappa shape index (κ1) is 10.2. The highest BCUT2D eigenvalue weighted by Gasteiger charge is 2.19. The monoisotopic (exact) mass is 230 g/mol. The molecule has 0 aliphatic heterocycles. The number of aryl methyl sites for hydroxylation is 1. The van der Waals surface area contributed by atoms with Gasteiger partial charge >= 0.3 is 0 Å². The molecule has 0 atom stereocenters. The van der Waals surface area contributed by atoms with E-state index in [4.69, 9.17) is 4.74 Å². The van der Waals surface area contributed by atoms with Gasteiger partial charge in [-0.25, -0.2) is 4.68 Å². The largest absolute Gasteiger partial charge is 0.497 e. The Kier molecular flexibility index (Phi) is 2.28. The molecule has 0 fully saturated rings. The van der Waals surface area contributed by atoms with Crippen molar-refractivity contribution in [2.75, 3.05) is 7.11 Å². The van der Waals surface area contributed by atoms with Gasteiger partial charge < -0.3 is 4.74 Å². The SMILES string of the molecule is COc1ccc(-n2[nH]c3c(c2=O)CCC3)cc1. The molecule has 4 nitrogen and oxygen atoms in total. The Balaban J connectivity index is 2.06. The van der Waals surface area contributed by atoms with Gasteiger partial charge in [0.2, 0.25) is 0 Å². The van der Waals surface area contributed by atoms with E-state index in [0.717, 1.165) is 42.0 Å². The average molecular weight is 230 g/mol. The highest BCUT2D eigenvalue weighted by Crippen LogP contribution is 2.19. The Bertz CT molecular complexity index is 593. The fourth-order valence-corrected chi connectivity index (χ4v) is 2.34. The number of aromatic amines is 1. The third-order valence-corrected chi connectivity index (χ3v) is 3.26. The van der Waals surface area contributed by atoms with Crippen molar-refractivity contribution in [3.05, 3.63) is 45.9 Å². The molecule has 17 heavy (non-hydrogen) atoms. The number of ether oxygens (including phenoxy) is 1. The third-order valence-electron chi connectivity index (χ3n) is 3.26. The van der Waals surface area contributed by atoms with Crippen molar-refractivity contribution in [1.29, 1.82) is 0 Å². The van der Waals surface area contributed by atoms with Crippen LogP contribution in [0.15, 0.2) is 29.1 Å². The number of nitrogens with one attached hydrogen (secondary N) is 1. The second-order valence-corrected chi connectivity index (χ2v) is 4.26. The molecule has 1 aliphatic rings. The van der Waals surface area contributed by atoms with Gasteiger partial charge in [-0.3, -0.25) is 9.89 Å². The number of methoxy groups -OCH3 is 1. The number of hydrogen-bond donors (Lipinski definition) is 1. The van der Waals surface area contributed by atoms with Crippen LogP contribution in [0.1, 0.15) is 17.7 Å². The van der Waals surface area contributed by atoms with Crippen LogP contribution in [0.5, 0.6) is 5.75 Å².